The van der Waals surface area contributed by atoms with E-state index < -0.39 is 5.82 Å². The fraction of sp³-hybridized carbons (Fsp3) is 0.0667. The van der Waals surface area contributed by atoms with Crippen molar-refractivity contribution in [3.63, 3.8) is 0 Å². The van der Waals surface area contributed by atoms with E-state index >= 15 is 0 Å². The van der Waals surface area contributed by atoms with E-state index in [1.165, 1.54) is 23.3 Å². The fourth-order valence-electron chi connectivity index (χ4n) is 2.05. The molecule has 3 rings (SSSR count). The molecule has 4 nitrogen and oxygen atoms in total. The number of hydrogen-bond donors (Lipinski definition) is 1. The number of nitrogens with one attached hydrogen (secondary N) is 1. The van der Waals surface area contributed by atoms with Crippen molar-refractivity contribution in [2.75, 3.05) is 0 Å². The SMILES string of the molecule is O=C1/C(=C\c2cc(Br)ccc2F)NC(=S)N1Cc1ccco1. The van der Waals surface area contributed by atoms with E-state index in [1.807, 2.05) is 0 Å². The summed E-state index contributed by atoms with van der Waals surface area (Å²) >= 11 is 8.43. The summed E-state index contributed by atoms with van der Waals surface area (Å²) in [6.45, 7) is 0.232. The molecule has 1 aromatic carbocycles. The maximum Gasteiger partial charge on any atom is 0.276 e. The number of hydrogen-bond acceptors (Lipinski definition) is 3. The number of furan rings is 1. The summed E-state index contributed by atoms with van der Waals surface area (Å²) in [6.07, 6.45) is 2.97. The van der Waals surface area contributed by atoms with Crippen LogP contribution in [-0.2, 0) is 11.3 Å². The van der Waals surface area contributed by atoms with Crippen LogP contribution in [0.25, 0.3) is 6.08 Å². The highest BCUT2D eigenvalue weighted by Crippen LogP contribution is 2.21. The Bertz CT molecular complexity index is 774. The number of nitrogens with zero attached hydrogens (tertiary/aromatic N) is 1. The van der Waals surface area contributed by atoms with Crippen LogP contribution in [0.3, 0.4) is 0 Å². The Kier molecular flexibility index (Phi) is 4.08. The van der Waals surface area contributed by atoms with Crippen molar-refractivity contribution >= 4 is 45.2 Å². The molecule has 1 aromatic heterocycles. The van der Waals surface area contributed by atoms with Crippen molar-refractivity contribution in [1.29, 1.82) is 0 Å². The fourth-order valence-corrected chi connectivity index (χ4v) is 2.69. The zero-order valence-electron chi connectivity index (χ0n) is 11.2. The van der Waals surface area contributed by atoms with Gasteiger partial charge in [0.15, 0.2) is 5.11 Å². The summed E-state index contributed by atoms with van der Waals surface area (Å²) in [7, 11) is 0. The minimum absolute atomic E-state index is 0.230. The Morgan fingerprint density at radius 3 is 2.95 bits per heavy atom. The average Bonchev–Trinajstić information content (AvgIpc) is 3.08. The Hall–Kier alpha value is -1.99. The molecule has 0 aliphatic carbocycles. The van der Waals surface area contributed by atoms with Crippen molar-refractivity contribution in [3.05, 3.63) is 63.9 Å². The lowest BCUT2D eigenvalue weighted by molar-refractivity contribution is -0.122. The largest absolute Gasteiger partial charge is 0.467 e. The van der Waals surface area contributed by atoms with Crippen molar-refractivity contribution in [1.82, 2.24) is 10.2 Å². The van der Waals surface area contributed by atoms with Crippen LogP contribution in [0.1, 0.15) is 11.3 Å². The molecule has 0 saturated carbocycles. The molecule has 0 radical (unpaired) electrons. The van der Waals surface area contributed by atoms with Gasteiger partial charge in [-0.15, -0.1) is 0 Å². The van der Waals surface area contributed by atoms with Crippen LogP contribution >= 0.6 is 28.1 Å². The number of halogens is 2. The first-order valence-corrected chi connectivity index (χ1v) is 7.57. The smallest absolute Gasteiger partial charge is 0.276 e. The van der Waals surface area contributed by atoms with Crippen LogP contribution in [0, 0.1) is 5.82 Å². The minimum Gasteiger partial charge on any atom is -0.467 e. The molecule has 1 amide bonds. The number of thiocarbonyl (C=S) groups is 1. The van der Waals surface area contributed by atoms with Crippen molar-refractivity contribution in [2.45, 2.75) is 6.54 Å². The third-order valence-corrected chi connectivity index (χ3v) is 3.93. The second kappa shape index (κ2) is 6.02. The number of amides is 1. The minimum atomic E-state index is -0.416. The first-order chi connectivity index (χ1) is 10.5. The van der Waals surface area contributed by atoms with E-state index in [1.54, 1.807) is 24.3 Å². The van der Waals surface area contributed by atoms with Crippen molar-refractivity contribution in [3.8, 4) is 0 Å². The standard InChI is InChI=1S/C15H10BrFN2O2S/c16-10-3-4-12(17)9(6-10)7-13-14(20)19(15(22)18-13)8-11-2-1-5-21-11/h1-7H,8H2,(H,18,22)/b13-7+. The van der Waals surface area contributed by atoms with Crippen LogP contribution in [0.15, 0.2) is 51.2 Å². The number of carbonyl (C=O) groups excluding carboxylic acids is 1. The highest BCUT2D eigenvalue weighted by molar-refractivity contribution is 9.10. The molecule has 112 valence electrons. The molecule has 2 heterocycles. The van der Waals surface area contributed by atoms with Gasteiger partial charge in [0.25, 0.3) is 5.91 Å². The van der Waals surface area contributed by atoms with Gasteiger partial charge in [0.2, 0.25) is 0 Å². The molecule has 1 N–H and O–H groups in total. The maximum atomic E-state index is 13.8. The zero-order chi connectivity index (χ0) is 15.7. The normalized spacial score (nSPS) is 16.5. The number of carbonyl (C=O) groups is 1. The van der Waals surface area contributed by atoms with Gasteiger partial charge in [-0.1, -0.05) is 15.9 Å². The van der Waals surface area contributed by atoms with Gasteiger partial charge in [0.1, 0.15) is 17.3 Å². The Balaban J connectivity index is 1.87. The molecule has 1 aliphatic rings. The van der Waals surface area contributed by atoms with E-state index in [0.29, 0.717) is 11.3 Å². The maximum absolute atomic E-state index is 13.8. The first kappa shape index (κ1) is 14.9. The lowest BCUT2D eigenvalue weighted by atomic mass is 10.2. The van der Waals surface area contributed by atoms with Crippen molar-refractivity contribution < 1.29 is 13.6 Å². The molecule has 0 spiro atoms. The van der Waals surface area contributed by atoms with E-state index in [2.05, 4.69) is 21.2 Å². The van der Waals surface area contributed by atoms with E-state index in [0.717, 1.165) is 4.47 Å². The summed E-state index contributed by atoms with van der Waals surface area (Å²) in [5.41, 5.74) is 0.529. The lowest BCUT2D eigenvalue weighted by Gasteiger charge is -2.11. The monoisotopic (exact) mass is 380 g/mol. The Morgan fingerprint density at radius 1 is 1.41 bits per heavy atom. The van der Waals surface area contributed by atoms with Gasteiger partial charge in [-0.2, -0.15) is 0 Å². The molecular weight excluding hydrogens is 371 g/mol. The van der Waals surface area contributed by atoms with Crippen LogP contribution < -0.4 is 5.32 Å². The molecule has 22 heavy (non-hydrogen) atoms. The second-order valence-electron chi connectivity index (χ2n) is 4.62. The number of rotatable bonds is 3. The topological polar surface area (TPSA) is 45.5 Å². The molecule has 1 fully saturated rings. The van der Waals surface area contributed by atoms with E-state index in [9.17, 15) is 9.18 Å². The summed E-state index contributed by atoms with van der Waals surface area (Å²) < 4.78 is 19.7. The molecule has 0 bridgehead atoms. The molecule has 0 unspecified atom stereocenters. The average molecular weight is 381 g/mol. The van der Waals surface area contributed by atoms with Crippen LogP contribution in [0.2, 0.25) is 0 Å². The predicted molar refractivity (Wildman–Crippen MR) is 87.1 cm³/mol. The van der Waals surface area contributed by atoms with Gasteiger partial charge in [0, 0.05) is 10.0 Å². The van der Waals surface area contributed by atoms with Crippen LogP contribution in [-0.4, -0.2) is 15.9 Å². The third-order valence-electron chi connectivity index (χ3n) is 3.11. The second-order valence-corrected chi connectivity index (χ2v) is 5.93. The van der Waals surface area contributed by atoms with Gasteiger partial charge in [0.05, 0.1) is 12.8 Å². The van der Waals surface area contributed by atoms with Gasteiger partial charge in [-0.05, 0) is 48.6 Å². The molecule has 0 atom stereocenters. The molecule has 1 aliphatic heterocycles. The summed E-state index contributed by atoms with van der Waals surface area (Å²) in [4.78, 5) is 13.7. The summed E-state index contributed by atoms with van der Waals surface area (Å²) in [5, 5.41) is 3.07. The zero-order valence-corrected chi connectivity index (χ0v) is 13.6. The quantitative estimate of drug-likeness (QED) is 0.654. The third kappa shape index (κ3) is 2.95. The van der Waals surface area contributed by atoms with E-state index in [-0.39, 0.29) is 23.3 Å². The molecule has 2 aromatic rings. The van der Waals surface area contributed by atoms with Gasteiger partial charge in [-0.3, -0.25) is 9.69 Å². The highest BCUT2D eigenvalue weighted by Gasteiger charge is 2.31. The van der Waals surface area contributed by atoms with Crippen molar-refractivity contribution in [2.24, 2.45) is 0 Å². The molecule has 1 saturated heterocycles. The Morgan fingerprint density at radius 2 is 2.23 bits per heavy atom. The first-order valence-electron chi connectivity index (χ1n) is 6.36. The molecular formula is C15H10BrFN2O2S. The lowest BCUT2D eigenvalue weighted by Crippen LogP contribution is -2.29. The number of benzene rings is 1. The van der Waals surface area contributed by atoms with Crippen LogP contribution in [0.4, 0.5) is 4.39 Å². The highest BCUT2D eigenvalue weighted by atomic mass is 79.9. The summed E-state index contributed by atoms with van der Waals surface area (Å²) in [6, 6.07) is 8.00. The van der Waals surface area contributed by atoms with Gasteiger partial charge in [-0.25, -0.2) is 4.39 Å². The van der Waals surface area contributed by atoms with Gasteiger partial charge < -0.3 is 9.73 Å². The Labute approximate surface area is 139 Å². The molecule has 7 heteroatoms. The summed E-state index contributed by atoms with van der Waals surface area (Å²) in [5.74, 6) is -0.117. The van der Waals surface area contributed by atoms with E-state index in [4.69, 9.17) is 16.6 Å². The predicted octanol–water partition coefficient (Wildman–Crippen LogP) is 3.44. The van der Waals surface area contributed by atoms with Crippen LogP contribution in [0.5, 0.6) is 0 Å². The van der Waals surface area contributed by atoms with Gasteiger partial charge >= 0.3 is 0 Å².